The average molecular weight is 388 g/mol. The van der Waals surface area contributed by atoms with Crippen LogP contribution in [0.3, 0.4) is 0 Å². The first-order valence-corrected chi connectivity index (χ1v) is 9.46. The maximum Gasteiger partial charge on any atom is 0.250 e. The Labute approximate surface area is 146 Å². The van der Waals surface area contributed by atoms with Crippen LogP contribution in [0.4, 0.5) is 4.39 Å². The second-order valence-corrected chi connectivity index (χ2v) is 8.41. The third kappa shape index (κ3) is 3.81. The van der Waals surface area contributed by atoms with Gasteiger partial charge in [0.1, 0.15) is 10.0 Å². The molecule has 24 heavy (non-hydrogen) atoms. The second kappa shape index (κ2) is 6.98. The van der Waals surface area contributed by atoms with E-state index in [1.807, 2.05) is 0 Å². The van der Waals surface area contributed by atoms with E-state index in [1.165, 1.54) is 24.3 Å². The van der Waals surface area contributed by atoms with Gasteiger partial charge in [0.05, 0.1) is 9.90 Å². The molecule has 0 spiro atoms. The molecule has 6 nitrogen and oxygen atoms in total. The lowest BCUT2D eigenvalue weighted by Gasteiger charge is -2.02. The number of rotatable bonds is 6. The van der Waals surface area contributed by atoms with Crippen LogP contribution in [0.2, 0.25) is 4.34 Å². The Morgan fingerprint density at radius 2 is 2.04 bits per heavy atom. The van der Waals surface area contributed by atoms with Gasteiger partial charge in [-0.3, -0.25) is 0 Å². The summed E-state index contributed by atoms with van der Waals surface area (Å²) in [5.74, 6) is -0.128. The number of benzene rings is 1. The smallest absolute Gasteiger partial charge is 0.250 e. The molecule has 0 aliphatic carbocycles. The fraction of sp³-hybridized carbons (Fsp3) is 0.143. The summed E-state index contributed by atoms with van der Waals surface area (Å²) in [6, 6.07) is 9.00. The Kier molecular flexibility index (Phi) is 4.95. The van der Waals surface area contributed by atoms with Crippen LogP contribution in [0.1, 0.15) is 5.89 Å². The molecular weight excluding hydrogens is 377 g/mol. The monoisotopic (exact) mass is 387 g/mol. The Bertz CT molecular complexity index is 956. The first-order chi connectivity index (χ1) is 11.5. The Morgan fingerprint density at radius 3 is 2.75 bits per heavy atom. The number of aromatic nitrogens is 2. The lowest BCUT2D eigenvalue weighted by molar-refractivity contribution is 0.378. The van der Waals surface area contributed by atoms with Gasteiger partial charge < -0.3 is 4.52 Å². The Balaban J connectivity index is 1.63. The van der Waals surface area contributed by atoms with E-state index < -0.39 is 15.8 Å². The zero-order valence-corrected chi connectivity index (χ0v) is 14.5. The summed E-state index contributed by atoms with van der Waals surface area (Å²) in [6.45, 7) is 0.0662. The third-order valence-electron chi connectivity index (χ3n) is 3.03. The minimum Gasteiger partial charge on any atom is -0.339 e. The molecule has 3 aromatic rings. The first kappa shape index (κ1) is 17.0. The highest BCUT2D eigenvalue weighted by Gasteiger charge is 2.17. The quantitative estimate of drug-likeness (QED) is 0.702. The van der Waals surface area contributed by atoms with Gasteiger partial charge >= 0.3 is 0 Å². The lowest BCUT2D eigenvalue weighted by Crippen LogP contribution is -2.25. The van der Waals surface area contributed by atoms with Crippen molar-refractivity contribution in [1.29, 1.82) is 0 Å². The molecule has 2 aromatic heterocycles. The van der Waals surface area contributed by atoms with Crippen molar-refractivity contribution in [1.82, 2.24) is 14.9 Å². The number of hydrogen-bond donors (Lipinski definition) is 1. The average Bonchev–Trinajstić information content (AvgIpc) is 3.17. The van der Waals surface area contributed by atoms with Crippen molar-refractivity contribution in [2.24, 2.45) is 0 Å². The molecule has 126 valence electrons. The van der Waals surface area contributed by atoms with Crippen molar-refractivity contribution in [3.05, 3.63) is 52.4 Å². The zero-order chi connectivity index (χ0) is 17.2. The van der Waals surface area contributed by atoms with Gasteiger partial charge in [-0.1, -0.05) is 28.9 Å². The number of thiophene rings is 1. The van der Waals surface area contributed by atoms with Gasteiger partial charge in [-0.05, 0) is 24.3 Å². The van der Waals surface area contributed by atoms with Gasteiger partial charge in [0.25, 0.3) is 0 Å². The number of halogens is 2. The van der Waals surface area contributed by atoms with E-state index in [9.17, 15) is 12.8 Å². The van der Waals surface area contributed by atoms with Gasteiger partial charge in [-0.2, -0.15) is 4.98 Å². The Morgan fingerprint density at radius 1 is 1.25 bits per heavy atom. The molecule has 0 aliphatic heterocycles. The molecule has 10 heteroatoms. The molecule has 3 rings (SSSR count). The normalized spacial score (nSPS) is 11.8. The van der Waals surface area contributed by atoms with Crippen molar-refractivity contribution >= 4 is 33.0 Å². The van der Waals surface area contributed by atoms with Crippen molar-refractivity contribution in [3.8, 4) is 11.4 Å². The highest BCUT2D eigenvalue weighted by Crippen LogP contribution is 2.25. The van der Waals surface area contributed by atoms with Crippen molar-refractivity contribution in [2.45, 2.75) is 10.6 Å². The fourth-order valence-corrected chi connectivity index (χ4v) is 4.47. The number of hydrogen-bond acceptors (Lipinski definition) is 6. The molecule has 2 heterocycles. The Hall–Kier alpha value is -1.81. The second-order valence-electron chi connectivity index (χ2n) is 4.70. The molecule has 0 atom stereocenters. The van der Waals surface area contributed by atoms with E-state index in [0.717, 1.165) is 11.3 Å². The standard InChI is InChI=1S/C14H11ClFN3O3S2/c15-11-5-6-13(23-11)24(20,21)17-8-7-12-18-14(19-22-12)9-3-1-2-4-10(9)16/h1-6,17H,7-8H2. The van der Waals surface area contributed by atoms with Crippen LogP contribution in [0, 0.1) is 5.82 Å². The number of nitrogens with zero attached hydrogens (tertiary/aromatic N) is 2. The van der Waals surface area contributed by atoms with Gasteiger partial charge in [0, 0.05) is 13.0 Å². The summed E-state index contributed by atoms with van der Waals surface area (Å²) >= 11 is 6.70. The number of nitrogens with one attached hydrogen (secondary N) is 1. The van der Waals surface area contributed by atoms with E-state index >= 15 is 0 Å². The molecule has 1 N–H and O–H groups in total. The molecule has 0 unspecified atom stereocenters. The molecule has 0 aliphatic rings. The van der Waals surface area contributed by atoms with Crippen LogP contribution in [0.5, 0.6) is 0 Å². The largest absolute Gasteiger partial charge is 0.339 e. The van der Waals surface area contributed by atoms with Crippen LogP contribution < -0.4 is 4.72 Å². The SMILES string of the molecule is O=S(=O)(NCCc1nc(-c2ccccc2F)no1)c1ccc(Cl)s1. The molecule has 0 radical (unpaired) electrons. The van der Waals surface area contributed by atoms with Crippen LogP contribution in [0.15, 0.2) is 45.1 Å². The maximum absolute atomic E-state index is 13.7. The molecule has 0 fully saturated rings. The van der Waals surface area contributed by atoms with Crippen LogP contribution in [0.25, 0.3) is 11.4 Å². The first-order valence-electron chi connectivity index (χ1n) is 6.78. The summed E-state index contributed by atoms with van der Waals surface area (Å²) in [4.78, 5) is 4.07. The van der Waals surface area contributed by atoms with Gasteiger partial charge in [0.15, 0.2) is 0 Å². The molecule has 0 amide bonds. The molecule has 1 aromatic carbocycles. The van der Waals surface area contributed by atoms with Gasteiger partial charge in [-0.25, -0.2) is 17.5 Å². The fourth-order valence-electron chi connectivity index (χ4n) is 1.91. The minimum atomic E-state index is -3.63. The summed E-state index contributed by atoms with van der Waals surface area (Å²) in [5, 5.41) is 3.71. The summed E-state index contributed by atoms with van der Waals surface area (Å²) < 4.78 is 45.7. The van der Waals surface area contributed by atoms with Crippen LogP contribution in [-0.2, 0) is 16.4 Å². The highest BCUT2D eigenvalue weighted by atomic mass is 35.5. The van der Waals surface area contributed by atoms with E-state index in [-0.39, 0.29) is 34.5 Å². The zero-order valence-electron chi connectivity index (χ0n) is 12.1. The number of sulfonamides is 1. The van der Waals surface area contributed by atoms with Crippen molar-refractivity contribution in [2.75, 3.05) is 6.54 Å². The predicted octanol–water partition coefficient (Wildman–Crippen LogP) is 3.11. The molecule has 0 saturated carbocycles. The van der Waals surface area contributed by atoms with E-state index in [0.29, 0.717) is 4.34 Å². The van der Waals surface area contributed by atoms with Gasteiger partial charge in [0.2, 0.25) is 21.7 Å². The molecule has 0 bridgehead atoms. The topological polar surface area (TPSA) is 85.1 Å². The van der Waals surface area contributed by atoms with Crippen LogP contribution >= 0.6 is 22.9 Å². The third-order valence-corrected chi connectivity index (χ3v) is 6.21. The summed E-state index contributed by atoms with van der Waals surface area (Å²) in [7, 11) is -3.63. The van der Waals surface area contributed by atoms with E-state index in [1.54, 1.807) is 12.1 Å². The predicted molar refractivity (Wildman–Crippen MR) is 87.9 cm³/mol. The lowest BCUT2D eigenvalue weighted by atomic mass is 10.2. The van der Waals surface area contributed by atoms with Crippen LogP contribution in [-0.4, -0.2) is 25.1 Å². The summed E-state index contributed by atoms with van der Waals surface area (Å²) in [6.07, 6.45) is 0.180. The minimum absolute atomic E-state index is 0.0662. The highest BCUT2D eigenvalue weighted by molar-refractivity contribution is 7.91. The van der Waals surface area contributed by atoms with E-state index in [4.69, 9.17) is 16.1 Å². The van der Waals surface area contributed by atoms with Gasteiger partial charge in [-0.15, -0.1) is 11.3 Å². The van der Waals surface area contributed by atoms with Crippen molar-refractivity contribution in [3.63, 3.8) is 0 Å². The molecule has 0 saturated heterocycles. The van der Waals surface area contributed by atoms with E-state index in [2.05, 4.69) is 14.9 Å². The summed E-state index contributed by atoms with van der Waals surface area (Å²) in [5.41, 5.74) is 0.223. The molecular formula is C14H11ClFN3O3S2. The maximum atomic E-state index is 13.7. The van der Waals surface area contributed by atoms with Crippen molar-refractivity contribution < 1.29 is 17.3 Å².